The zero-order valence-corrected chi connectivity index (χ0v) is 24.0. The van der Waals surface area contributed by atoms with Crippen LogP contribution in [-0.2, 0) is 4.79 Å². The lowest BCUT2D eigenvalue weighted by Crippen LogP contribution is -2.19. The van der Waals surface area contributed by atoms with Crippen molar-refractivity contribution in [2.75, 3.05) is 23.1 Å². The fourth-order valence-corrected chi connectivity index (χ4v) is 5.94. The van der Waals surface area contributed by atoms with Crippen molar-refractivity contribution in [3.05, 3.63) is 120 Å². The van der Waals surface area contributed by atoms with Gasteiger partial charge in [0.05, 0.1) is 12.8 Å². The highest BCUT2D eigenvalue weighted by atomic mass is 32.2. The summed E-state index contributed by atoms with van der Waals surface area (Å²) in [5.74, 6) is 0.634. The van der Waals surface area contributed by atoms with E-state index in [0.717, 1.165) is 38.8 Å². The van der Waals surface area contributed by atoms with Gasteiger partial charge in [-0.3, -0.25) is 4.79 Å². The van der Waals surface area contributed by atoms with Crippen molar-refractivity contribution < 1.29 is 9.53 Å². The molecule has 3 N–H and O–H groups in total. The number of carbonyl (C=O) groups is 1. The summed E-state index contributed by atoms with van der Waals surface area (Å²) < 4.78 is 5.24. The van der Waals surface area contributed by atoms with Gasteiger partial charge in [0.15, 0.2) is 10.2 Å². The van der Waals surface area contributed by atoms with E-state index in [0.29, 0.717) is 10.2 Å². The Morgan fingerprint density at radius 1 is 0.850 bits per heavy atom. The van der Waals surface area contributed by atoms with E-state index in [1.807, 2.05) is 115 Å². The van der Waals surface area contributed by atoms with E-state index in [2.05, 4.69) is 20.9 Å². The van der Waals surface area contributed by atoms with Crippen molar-refractivity contribution >= 4 is 62.8 Å². The van der Waals surface area contributed by atoms with Crippen molar-refractivity contribution in [2.45, 2.75) is 10.1 Å². The molecule has 0 aliphatic carbocycles. The fourth-order valence-electron chi connectivity index (χ4n) is 3.90. The number of nitrogens with one attached hydrogen (secondary N) is 3. The highest BCUT2D eigenvalue weighted by molar-refractivity contribution is 8.00. The Morgan fingerprint density at radius 2 is 1.52 bits per heavy atom. The minimum absolute atomic E-state index is 0.147. The first-order valence-electron chi connectivity index (χ1n) is 12.4. The number of ether oxygens (including phenoxy) is 1. The molecule has 0 fully saturated rings. The number of hydrogen-bond donors (Lipinski definition) is 3. The molecular weight excluding hydrogens is 557 g/mol. The predicted molar refractivity (Wildman–Crippen MR) is 170 cm³/mol. The number of thiocarbonyl (C=S) groups is 1. The van der Waals surface area contributed by atoms with Crippen LogP contribution in [-0.4, -0.2) is 23.1 Å². The van der Waals surface area contributed by atoms with Gasteiger partial charge in [-0.2, -0.15) is 0 Å². The lowest BCUT2D eigenvalue weighted by atomic mass is 10.1. The van der Waals surface area contributed by atoms with Crippen LogP contribution in [0.1, 0.15) is 10.8 Å². The molecule has 6 nitrogen and oxygen atoms in total. The van der Waals surface area contributed by atoms with Gasteiger partial charge in [0.1, 0.15) is 11.0 Å². The maximum Gasteiger partial charge on any atom is 0.244 e. The van der Waals surface area contributed by atoms with Gasteiger partial charge in [0.25, 0.3) is 0 Å². The van der Waals surface area contributed by atoms with Gasteiger partial charge < -0.3 is 20.7 Å². The molecule has 1 aromatic heterocycles. The van der Waals surface area contributed by atoms with Crippen LogP contribution in [0, 0.1) is 0 Å². The molecule has 200 valence electrons. The van der Waals surface area contributed by atoms with Crippen LogP contribution in [0.5, 0.6) is 5.75 Å². The third-order valence-electron chi connectivity index (χ3n) is 5.84. The highest BCUT2D eigenvalue weighted by Crippen LogP contribution is 2.38. The Bertz CT molecular complexity index is 1580. The first-order valence-corrected chi connectivity index (χ1v) is 14.6. The third kappa shape index (κ3) is 7.26. The monoisotopic (exact) mass is 582 g/mol. The summed E-state index contributed by atoms with van der Waals surface area (Å²) in [7, 11) is 1.64. The Kier molecular flexibility index (Phi) is 9.07. The van der Waals surface area contributed by atoms with Gasteiger partial charge in [0.2, 0.25) is 5.91 Å². The van der Waals surface area contributed by atoms with E-state index < -0.39 is 5.25 Å². The Labute approximate surface area is 246 Å². The van der Waals surface area contributed by atoms with Crippen molar-refractivity contribution in [3.63, 3.8) is 0 Å². The van der Waals surface area contributed by atoms with Gasteiger partial charge in [-0.05, 0) is 72.4 Å². The van der Waals surface area contributed by atoms with Gasteiger partial charge >= 0.3 is 0 Å². The number of benzene rings is 4. The molecule has 5 rings (SSSR count). The molecule has 0 spiro atoms. The molecule has 0 saturated heterocycles. The number of para-hydroxylation sites is 1. The van der Waals surface area contributed by atoms with Crippen LogP contribution in [0.25, 0.3) is 11.3 Å². The zero-order chi connectivity index (χ0) is 27.7. The molecular formula is C31H26N4O2S3. The molecule has 1 atom stereocenters. The number of nitrogens with zero attached hydrogens (tertiary/aromatic N) is 1. The lowest BCUT2D eigenvalue weighted by molar-refractivity contribution is -0.115. The number of amides is 1. The maximum atomic E-state index is 13.6. The SMILES string of the molecule is COc1ccc(-c2csc(NC(=O)C(Sc3cccc(NC(=S)Nc4ccccc4)c3)c3ccccc3)n2)cc1. The van der Waals surface area contributed by atoms with Gasteiger partial charge in [-0.15, -0.1) is 23.1 Å². The molecule has 0 saturated carbocycles. The number of aromatic nitrogens is 1. The molecule has 1 unspecified atom stereocenters. The van der Waals surface area contributed by atoms with Gasteiger partial charge in [-0.25, -0.2) is 4.98 Å². The summed E-state index contributed by atoms with van der Waals surface area (Å²) in [5.41, 5.74) is 4.39. The third-order valence-corrected chi connectivity index (χ3v) is 8.05. The van der Waals surface area contributed by atoms with Gasteiger partial charge in [0, 0.05) is 27.2 Å². The second-order valence-corrected chi connectivity index (χ2v) is 11.1. The summed E-state index contributed by atoms with van der Waals surface area (Å²) in [6, 6.07) is 35.0. The fraction of sp³-hybridized carbons (Fsp3) is 0.0645. The van der Waals surface area contributed by atoms with E-state index in [-0.39, 0.29) is 5.91 Å². The van der Waals surface area contributed by atoms with Crippen molar-refractivity contribution in [1.29, 1.82) is 0 Å². The topological polar surface area (TPSA) is 75.3 Å². The van der Waals surface area contributed by atoms with Gasteiger partial charge in [-0.1, -0.05) is 54.6 Å². The summed E-state index contributed by atoms with van der Waals surface area (Å²) in [4.78, 5) is 19.2. The van der Waals surface area contributed by atoms with Crippen LogP contribution in [0.2, 0.25) is 0 Å². The highest BCUT2D eigenvalue weighted by Gasteiger charge is 2.23. The average molecular weight is 583 g/mol. The molecule has 4 aromatic carbocycles. The minimum Gasteiger partial charge on any atom is -0.497 e. The minimum atomic E-state index is -0.487. The summed E-state index contributed by atoms with van der Waals surface area (Å²) >= 11 is 8.35. The number of carbonyl (C=O) groups excluding carboxylic acids is 1. The van der Waals surface area contributed by atoms with Crippen LogP contribution in [0.4, 0.5) is 16.5 Å². The van der Waals surface area contributed by atoms with E-state index >= 15 is 0 Å². The van der Waals surface area contributed by atoms with E-state index in [1.54, 1.807) is 7.11 Å². The van der Waals surface area contributed by atoms with Crippen LogP contribution in [0.3, 0.4) is 0 Å². The Balaban J connectivity index is 1.30. The van der Waals surface area contributed by atoms with Crippen molar-refractivity contribution in [3.8, 4) is 17.0 Å². The number of hydrogen-bond acceptors (Lipinski definition) is 6. The number of anilines is 3. The van der Waals surface area contributed by atoms with Crippen LogP contribution < -0.4 is 20.7 Å². The average Bonchev–Trinajstić information content (AvgIpc) is 3.45. The lowest BCUT2D eigenvalue weighted by Gasteiger charge is -2.17. The van der Waals surface area contributed by atoms with Crippen molar-refractivity contribution in [1.82, 2.24) is 4.98 Å². The molecule has 0 radical (unpaired) electrons. The summed E-state index contributed by atoms with van der Waals surface area (Å²) in [6.45, 7) is 0. The van der Waals surface area contributed by atoms with E-state index in [1.165, 1.54) is 23.1 Å². The molecule has 0 bridgehead atoms. The normalized spacial score (nSPS) is 11.3. The summed E-state index contributed by atoms with van der Waals surface area (Å²) in [6.07, 6.45) is 0. The van der Waals surface area contributed by atoms with E-state index in [4.69, 9.17) is 17.0 Å². The molecule has 9 heteroatoms. The molecule has 0 aliphatic rings. The zero-order valence-electron chi connectivity index (χ0n) is 21.5. The predicted octanol–water partition coefficient (Wildman–Crippen LogP) is 8.10. The second kappa shape index (κ2) is 13.3. The number of thiazole rings is 1. The molecule has 0 aliphatic heterocycles. The molecule has 1 amide bonds. The quantitative estimate of drug-likeness (QED) is 0.120. The largest absolute Gasteiger partial charge is 0.497 e. The number of rotatable bonds is 9. The van der Waals surface area contributed by atoms with Crippen LogP contribution >= 0.6 is 35.3 Å². The number of thioether (sulfide) groups is 1. The first kappa shape index (κ1) is 27.4. The number of methoxy groups -OCH3 is 1. The smallest absolute Gasteiger partial charge is 0.244 e. The Morgan fingerprint density at radius 3 is 2.25 bits per heavy atom. The maximum absolute atomic E-state index is 13.6. The van der Waals surface area contributed by atoms with Crippen molar-refractivity contribution in [2.24, 2.45) is 0 Å². The molecule has 40 heavy (non-hydrogen) atoms. The standard InChI is InChI=1S/C31H26N4O2S3/c1-37-25-17-15-21(16-18-25)27-20-39-31(34-27)35-29(36)28(22-9-4-2-5-10-22)40-26-14-8-13-24(19-26)33-30(38)32-23-11-6-3-7-12-23/h2-20,28H,1H3,(H2,32,33,38)(H,34,35,36). The summed E-state index contributed by atoms with van der Waals surface area (Å²) in [5, 5.41) is 11.9. The second-order valence-electron chi connectivity index (χ2n) is 8.64. The first-order chi connectivity index (χ1) is 19.6. The Hall–Kier alpha value is -4.18. The molecule has 5 aromatic rings. The van der Waals surface area contributed by atoms with Crippen LogP contribution in [0.15, 0.2) is 119 Å². The molecule has 1 heterocycles. The van der Waals surface area contributed by atoms with E-state index in [9.17, 15) is 4.79 Å².